The van der Waals surface area contributed by atoms with E-state index >= 15 is 0 Å². The maximum absolute atomic E-state index is 12.5. The highest BCUT2D eigenvalue weighted by atomic mass is 19.1. The van der Waals surface area contributed by atoms with Gasteiger partial charge in [-0.2, -0.15) is 0 Å². The second-order valence-corrected chi connectivity index (χ2v) is 3.08. The number of rotatable bonds is 5. The highest BCUT2D eigenvalue weighted by molar-refractivity contribution is 6.07. The van der Waals surface area contributed by atoms with Crippen LogP contribution in [0.5, 0.6) is 0 Å². The SMILES string of the molecule is O=C(CCF)CC(=O)c1ccc(F)cc1. The van der Waals surface area contributed by atoms with Gasteiger partial charge in [0.1, 0.15) is 11.6 Å². The Labute approximate surface area is 85.9 Å². The molecule has 0 N–H and O–H groups in total. The molecule has 0 amide bonds. The molecule has 0 saturated carbocycles. The van der Waals surface area contributed by atoms with Crippen molar-refractivity contribution in [3.05, 3.63) is 35.6 Å². The first-order valence-electron chi connectivity index (χ1n) is 4.50. The Bertz CT molecular complexity index is 357. The zero-order valence-corrected chi connectivity index (χ0v) is 8.00. The summed E-state index contributed by atoms with van der Waals surface area (Å²) in [6.07, 6.45) is -0.567. The third-order valence-electron chi connectivity index (χ3n) is 1.90. The monoisotopic (exact) mass is 212 g/mol. The number of halogens is 2. The average Bonchev–Trinajstić information content (AvgIpc) is 2.18. The summed E-state index contributed by atoms with van der Waals surface area (Å²) >= 11 is 0. The predicted octanol–water partition coefficient (Wildman–Crippen LogP) is 2.33. The van der Waals surface area contributed by atoms with Crippen molar-refractivity contribution in [2.75, 3.05) is 6.67 Å². The van der Waals surface area contributed by atoms with Crippen molar-refractivity contribution in [2.45, 2.75) is 12.8 Å². The molecule has 0 aliphatic heterocycles. The highest BCUT2D eigenvalue weighted by Gasteiger charge is 2.11. The van der Waals surface area contributed by atoms with Gasteiger partial charge < -0.3 is 0 Å². The van der Waals surface area contributed by atoms with Gasteiger partial charge in [-0.1, -0.05) is 0 Å². The van der Waals surface area contributed by atoms with Crippen LogP contribution in [0.1, 0.15) is 23.2 Å². The van der Waals surface area contributed by atoms with Crippen LogP contribution in [0, 0.1) is 5.82 Å². The summed E-state index contributed by atoms with van der Waals surface area (Å²) in [6, 6.07) is 4.90. The van der Waals surface area contributed by atoms with Gasteiger partial charge in [-0.05, 0) is 24.3 Å². The van der Waals surface area contributed by atoms with Gasteiger partial charge in [-0.3, -0.25) is 14.0 Å². The molecule has 0 aliphatic rings. The Morgan fingerprint density at radius 2 is 1.73 bits per heavy atom. The van der Waals surface area contributed by atoms with Gasteiger partial charge in [-0.15, -0.1) is 0 Å². The van der Waals surface area contributed by atoms with Crippen molar-refractivity contribution in [1.82, 2.24) is 0 Å². The Morgan fingerprint density at radius 1 is 1.13 bits per heavy atom. The third-order valence-corrected chi connectivity index (χ3v) is 1.90. The molecule has 0 saturated heterocycles. The lowest BCUT2D eigenvalue weighted by molar-refractivity contribution is -0.118. The number of ketones is 2. The number of benzene rings is 1. The van der Waals surface area contributed by atoms with E-state index < -0.39 is 24.1 Å². The molecule has 0 spiro atoms. The standard InChI is InChI=1S/C11H10F2O2/c12-6-5-10(14)7-11(15)8-1-3-9(13)4-2-8/h1-4H,5-7H2. The van der Waals surface area contributed by atoms with Gasteiger partial charge >= 0.3 is 0 Å². The fraction of sp³-hybridized carbons (Fsp3) is 0.273. The van der Waals surface area contributed by atoms with Gasteiger partial charge in [0, 0.05) is 12.0 Å². The molecular formula is C11H10F2O2. The van der Waals surface area contributed by atoms with Crippen LogP contribution in [0.3, 0.4) is 0 Å². The van der Waals surface area contributed by atoms with Crippen molar-refractivity contribution in [1.29, 1.82) is 0 Å². The Kier molecular flexibility index (Phi) is 4.09. The number of hydrogen-bond donors (Lipinski definition) is 0. The Balaban J connectivity index is 2.61. The van der Waals surface area contributed by atoms with Crippen LogP contribution in [0.15, 0.2) is 24.3 Å². The first-order chi connectivity index (χ1) is 7.13. The number of hydrogen-bond acceptors (Lipinski definition) is 2. The molecule has 0 atom stereocenters. The molecule has 15 heavy (non-hydrogen) atoms. The largest absolute Gasteiger partial charge is 0.299 e. The smallest absolute Gasteiger partial charge is 0.170 e. The van der Waals surface area contributed by atoms with Crippen LogP contribution in [-0.4, -0.2) is 18.2 Å². The second-order valence-electron chi connectivity index (χ2n) is 3.08. The molecule has 0 radical (unpaired) electrons. The zero-order chi connectivity index (χ0) is 11.3. The zero-order valence-electron chi connectivity index (χ0n) is 8.00. The minimum Gasteiger partial charge on any atom is -0.299 e. The molecule has 80 valence electrons. The van der Waals surface area contributed by atoms with E-state index in [4.69, 9.17) is 0 Å². The van der Waals surface area contributed by atoms with Crippen LogP contribution in [-0.2, 0) is 4.79 Å². The van der Waals surface area contributed by atoms with Gasteiger partial charge in [0.2, 0.25) is 0 Å². The summed E-state index contributed by atoms with van der Waals surface area (Å²) in [5.41, 5.74) is 0.267. The summed E-state index contributed by atoms with van der Waals surface area (Å²) < 4.78 is 24.3. The molecule has 0 aliphatic carbocycles. The third kappa shape index (κ3) is 3.58. The van der Waals surface area contributed by atoms with Crippen molar-refractivity contribution in [3.8, 4) is 0 Å². The topological polar surface area (TPSA) is 34.1 Å². The lowest BCUT2D eigenvalue weighted by Gasteiger charge is -1.99. The van der Waals surface area contributed by atoms with E-state index in [1.165, 1.54) is 12.1 Å². The molecule has 1 aromatic carbocycles. The van der Waals surface area contributed by atoms with Crippen LogP contribution >= 0.6 is 0 Å². The molecular weight excluding hydrogens is 202 g/mol. The van der Waals surface area contributed by atoms with Crippen LogP contribution in [0.4, 0.5) is 8.78 Å². The molecule has 0 fully saturated rings. The first-order valence-corrected chi connectivity index (χ1v) is 4.50. The molecule has 0 heterocycles. The predicted molar refractivity (Wildman–Crippen MR) is 50.9 cm³/mol. The van der Waals surface area contributed by atoms with E-state index in [1.807, 2.05) is 0 Å². The molecule has 0 aromatic heterocycles. The molecule has 0 bridgehead atoms. The first kappa shape index (κ1) is 11.5. The van der Waals surface area contributed by atoms with Gasteiger partial charge in [0.05, 0.1) is 13.1 Å². The summed E-state index contributed by atoms with van der Waals surface area (Å²) in [5.74, 6) is -1.29. The van der Waals surface area contributed by atoms with Crippen LogP contribution in [0.2, 0.25) is 0 Å². The summed E-state index contributed by atoms with van der Waals surface area (Å²) in [4.78, 5) is 22.3. The lowest BCUT2D eigenvalue weighted by atomic mass is 10.1. The van der Waals surface area contributed by atoms with Gasteiger partial charge in [0.15, 0.2) is 5.78 Å². The number of carbonyl (C=O) groups excluding carboxylic acids is 2. The van der Waals surface area contributed by atoms with E-state index in [0.29, 0.717) is 0 Å². The summed E-state index contributed by atoms with van der Waals surface area (Å²) in [6.45, 7) is -0.754. The van der Waals surface area contributed by atoms with Crippen LogP contribution < -0.4 is 0 Å². The number of alkyl halides is 1. The maximum atomic E-state index is 12.5. The van der Waals surface area contributed by atoms with E-state index in [2.05, 4.69) is 0 Å². The summed E-state index contributed by atoms with van der Waals surface area (Å²) in [7, 11) is 0. The highest BCUT2D eigenvalue weighted by Crippen LogP contribution is 2.06. The number of Topliss-reactive ketones (excluding diaryl/α,β-unsaturated/α-hetero) is 2. The minimum absolute atomic E-state index is 0.243. The maximum Gasteiger partial charge on any atom is 0.170 e. The fourth-order valence-electron chi connectivity index (χ4n) is 1.11. The fourth-order valence-corrected chi connectivity index (χ4v) is 1.11. The molecule has 1 rings (SSSR count). The molecule has 1 aromatic rings. The van der Waals surface area contributed by atoms with E-state index in [-0.39, 0.29) is 18.4 Å². The van der Waals surface area contributed by atoms with Crippen molar-refractivity contribution >= 4 is 11.6 Å². The lowest BCUT2D eigenvalue weighted by Crippen LogP contribution is -2.08. The molecule has 2 nitrogen and oxygen atoms in total. The van der Waals surface area contributed by atoms with Crippen LogP contribution in [0.25, 0.3) is 0 Å². The number of carbonyl (C=O) groups is 2. The minimum atomic E-state index is -0.754. The van der Waals surface area contributed by atoms with Gasteiger partial charge in [-0.25, -0.2) is 4.39 Å². The van der Waals surface area contributed by atoms with Gasteiger partial charge in [0.25, 0.3) is 0 Å². The van der Waals surface area contributed by atoms with Crippen molar-refractivity contribution < 1.29 is 18.4 Å². The Morgan fingerprint density at radius 3 is 2.27 bits per heavy atom. The second kappa shape index (κ2) is 5.34. The van der Waals surface area contributed by atoms with E-state index in [0.717, 1.165) is 12.1 Å². The quantitative estimate of drug-likeness (QED) is 0.554. The Hall–Kier alpha value is -1.58. The molecule has 0 unspecified atom stereocenters. The van der Waals surface area contributed by atoms with Crippen molar-refractivity contribution in [2.24, 2.45) is 0 Å². The normalized spacial score (nSPS) is 10.0. The van der Waals surface area contributed by atoms with E-state index in [1.54, 1.807) is 0 Å². The molecule has 4 heteroatoms. The van der Waals surface area contributed by atoms with E-state index in [9.17, 15) is 18.4 Å². The van der Waals surface area contributed by atoms with Crippen molar-refractivity contribution in [3.63, 3.8) is 0 Å². The average molecular weight is 212 g/mol. The summed E-state index contributed by atoms with van der Waals surface area (Å²) in [5, 5.41) is 0.